The first-order chi connectivity index (χ1) is 9.97. The van der Waals surface area contributed by atoms with Crippen LogP contribution >= 0.6 is 11.6 Å². The molecule has 0 aliphatic heterocycles. The van der Waals surface area contributed by atoms with Crippen LogP contribution in [0, 0.1) is 27.7 Å². The molecule has 1 aromatic heterocycles. The summed E-state index contributed by atoms with van der Waals surface area (Å²) in [4.78, 5) is 9.25. The molecule has 0 saturated heterocycles. The van der Waals surface area contributed by atoms with Gasteiger partial charge < -0.3 is 0 Å². The van der Waals surface area contributed by atoms with E-state index in [2.05, 4.69) is 44.0 Å². The maximum atomic E-state index is 6.41. The number of hydrogen-bond acceptors (Lipinski definition) is 2. The van der Waals surface area contributed by atoms with E-state index in [1.807, 2.05) is 19.1 Å². The van der Waals surface area contributed by atoms with Crippen LogP contribution in [0.25, 0.3) is 22.3 Å². The van der Waals surface area contributed by atoms with E-state index < -0.39 is 0 Å². The Kier molecular flexibility index (Phi) is 3.42. The Morgan fingerprint density at radius 1 is 0.905 bits per heavy atom. The van der Waals surface area contributed by atoms with Crippen molar-refractivity contribution < 1.29 is 0 Å². The van der Waals surface area contributed by atoms with Crippen molar-refractivity contribution >= 4 is 22.5 Å². The minimum atomic E-state index is 0.522. The molecule has 0 unspecified atom stereocenters. The van der Waals surface area contributed by atoms with Gasteiger partial charge in [0.1, 0.15) is 5.15 Å². The number of benzene rings is 2. The highest BCUT2D eigenvalue weighted by Crippen LogP contribution is 2.30. The van der Waals surface area contributed by atoms with Crippen LogP contribution < -0.4 is 0 Å². The Morgan fingerprint density at radius 2 is 1.67 bits per heavy atom. The van der Waals surface area contributed by atoms with Crippen LogP contribution in [-0.2, 0) is 0 Å². The molecule has 0 radical (unpaired) electrons. The minimum Gasteiger partial charge on any atom is -0.228 e. The summed E-state index contributed by atoms with van der Waals surface area (Å²) in [6, 6.07) is 10.3. The predicted molar refractivity (Wildman–Crippen MR) is 88.9 cm³/mol. The van der Waals surface area contributed by atoms with E-state index in [0.29, 0.717) is 11.0 Å². The van der Waals surface area contributed by atoms with Gasteiger partial charge in [-0.1, -0.05) is 35.9 Å². The summed E-state index contributed by atoms with van der Waals surface area (Å²) in [7, 11) is 0. The van der Waals surface area contributed by atoms with E-state index in [-0.39, 0.29) is 0 Å². The Bertz CT molecular complexity index is 853. The summed E-state index contributed by atoms with van der Waals surface area (Å²) in [5.74, 6) is 0.693. The SMILES string of the molecule is Cc1cc(C)c2c(Cl)nc(-c3cccc(C)c3C)nc2c1. The maximum Gasteiger partial charge on any atom is 0.161 e. The van der Waals surface area contributed by atoms with Crippen molar-refractivity contribution in [3.8, 4) is 11.4 Å². The van der Waals surface area contributed by atoms with E-state index in [1.165, 1.54) is 16.7 Å². The zero-order valence-corrected chi connectivity index (χ0v) is 13.4. The maximum absolute atomic E-state index is 6.41. The van der Waals surface area contributed by atoms with E-state index in [0.717, 1.165) is 22.0 Å². The van der Waals surface area contributed by atoms with Gasteiger partial charge in [-0.3, -0.25) is 0 Å². The van der Waals surface area contributed by atoms with E-state index >= 15 is 0 Å². The third kappa shape index (κ3) is 2.40. The lowest BCUT2D eigenvalue weighted by Crippen LogP contribution is -1.96. The van der Waals surface area contributed by atoms with Crippen molar-refractivity contribution in [2.45, 2.75) is 27.7 Å². The highest BCUT2D eigenvalue weighted by molar-refractivity contribution is 6.34. The van der Waals surface area contributed by atoms with Gasteiger partial charge in [-0.2, -0.15) is 0 Å². The minimum absolute atomic E-state index is 0.522. The normalized spacial score (nSPS) is 11.1. The monoisotopic (exact) mass is 296 g/mol. The first-order valence-corrected chi connectivity index (χ1v) is 7.36. The molecule has 0 aliphatic rings. The van der Waals surface area contributed by atoms with Crippen molar-refractivity contribution in [1.29, 1.82) is 0 Å². The zero-order valence-electron chi connectivity index (χ0n) is 12.7. The molecule has 0 aliphatic carbocycles. The van der Waals surface area contributed by atoms with Crippen LogP contribution in [0.5, 0.6) is 0 Å². The molecule has 3 aromatic rings. The fraction of sp³-hybridized carbons (Fsp3) is 0.222. The van der Waals surface area contributed by atoms with Gasteiger partial charge in [0.15, 0.2) is 5.82 Å². The molecule has 2 aromatic carbocycles. The first kappa shape index (κ1) is 14.0. The smallest absolute Gasteiger partial charge is 0.161 e. The van der Waals surface area contributed by atoms with Crippen LogP contribution in [0.15, 0.2) is 30.3 Å². The van der Waals surface area contributed by atoms with Crippen LogP contribution in [0.3, 0.4) is 0 Å². The van der Waals surface area contributed by atoms with Gasteiger partial charge in [0.2, 0.25) is 0 Å². The van der Waals surface area contributed by atoms with Gasteiger partial charge in [-0.05, 0) is 56.0 Å². The lowest BCUT2D eigenvalue weighted by Gasteiger charge is -2.11. The van der Waals surface area contributed by atoms with Gasteiger partial charge >= 0.3 is 0 Å². The van der Waals surface area contributed by atoms with Gasteiger partial charge in [-0.25, -0.2) is 9.97 Å². The average molecular weight is 297 g/mol. The highest BCUT2D eigenvalue weighted by Gasteiger charge is 2.12. The van der Waals surface area contributed by atoms with Crippen molar-refractivity contribution in [2.75, 3.05) is 0 Å². The zero-order chi connectivity index (χ0) is 15.1. The molecule has 106 valence electrons. The molecule has 0 fully saturated rings. The number of rotatable bonds is 1. The number of hydrogen-bond donors (Lipinski definition) is 0. The molecular weight excluding hydrogens is 280 g/mol. The van der Waals surface area contributed by atoms with Crippen LogP contribution in [0.1, 0.15) is 22.3 Å². The van der Waals surface area contributed by atoms with E-state index in [4.69, 9.17) is 16.6 Å². The van der Waals surface area contributed by atoms with E-state index in [1.54, 1.807) is 0 Å². The predicted octanol–water partition coefficient (Wildman–Crippen LogP) is 5.18. The highest BCUT2D eigenvalue weighted by atomic mass is 35.5. The second-order valence-electron chi connectivity index (χ2n) is 5.56. The average Bonchev–Trinajstić information content (AvgIpc) is 2.40. The molecule has 0 spiro atoms. The first-order valence-electron chi connectivity index (χ1n) is 6.98. The third-order valence-electron chi connectivity index (χ3n) is 3.94. The van der Waals surface area contributed by atoms with Crippen molar-refractivity contribution in [2.24, 2.45) is 0 Å². The van der Waals surface area contributed by atoms with Gasteiger partial charge in [0, 0.05) is 10.9 Å². The molecule has 3 rings (SSSR count). The van der Waals surface area contributed by atoms with Crippen LogP contribution in [0.2, 0.25) is 5.15 Å². The topological polar surface area (TPSA) is 25.8 Å². The number of nitrogens with zero attached hydrogens (tertiary/aromatic N) is 2. The number of halogens is 1. The second-order valence-corrected chi connectivity index (χ2v) is 5.92. The summed E-state index contributed by atoms with van der Waals surface area (Å²) in [6.07, 6.45) is 0. The second kappa shape index (κ2) is 5.12. The number of fused-ring (bicyclic) bond motifs is 1. The van der Waals surface area contributed by atoms with Crippen LogP contribution in [0.4, 0.5) is 0 Å². The summed E-state index contributed by atoms with van der Waals surface area (Å²) < 4.78 is 0. The molecule has 3 heteroatoms. The largest absolute Gasteiger partial charge is 0.228 e. The lowest BCUT2D eigenvalue weighted by atomic mass is 10.0. The van der Waals surface area contributed by atoms with Crippen LogP contribution in [-0.4, -0.2) is 9.97 Å². The third-order valence-corrected chi connectivity index (χ3v) is 4.21. The molecule has 0 N–H and O–H groups in total. The van der Waals surface area contributed by atoms with Crippen molar-refractivity contribution in [3.63, 3.8) is 0 Å². The Balaban J connectivity index is 2.33. The summed E-state index contributed by atoms with van der Waals surface area (Å²) >= 11 is 6.41. The molecule has 1 heterocycles. The van der Waals surface area contributed by atoms with Gasteiger partial charge in [0.25, 0.3) is 0 Å². The fourth-order valence-corrected chi connectivity index (χ4v) is 3.03. The molecule has 0 saturated carbocycles. The summed E-state index contributed by atoms with van der Waals surface area (Å²) in [5.41, 5.74) is 6.66. The fourth-order valence-electron chi connectivity index (χ4n) is 2.70. The Labute approximate surface area is 129 Å². The Morgan fingerprint density at radius 3 is 2.43 bits per heavy atom. The quantitative estimate of drug-likeness (QED) is 0.578. The molecule has 0 bridgehead atoms. The van der Waals surface area contributed by atoms with Gasteiger partial charge in [-0.15, -0.1) is 0 Å². The molecular formula is C18H17ClN2. The van der Waals surface area contributed by atoms with Gasteiger partial charge in [0.05, 0.1) is 5.52 Å². The molecule has 2 nitrogen and oxygen atoms in total. The lowest BCUT2D eigenvalue weighted by molar-refractivity contribution is 1.19. The molecule has 21 heavy (non-hydrogen) atoms. The Hall–Kier alpha value is -1.93. The van der Waals surface area contributed by atoms with E-state index in [9.17, 15) is 0 Å². The molecule has 0 atom stereocenters. The summed E-state index contributed by atoms with van der Waals surface area (Å²) in [5, 5.41) is 1.46. The van der Waals surface area contributed by atoms with Crippen molar-refractivity contribution in [1.82, 2.24) is 9.97 Å². The standard InChI is InChI=1S/C18H17ClN2/c1-10-8-12(3)16-15(9-10)20-18(21-17(16)19)14-7-5-6-11(2)13(14)4/h5-9H,1-4H3. The van der Waals surface area contributed by atoms with Crippen molar-refractivity contribution in [3.05, 3.63) is 57.7 Å². The molecule has 0 amide bonds. The number of aromatic nitrogens is 2. The number of aryl methyl sites for hydroxylation is 3. The summed E-state index contributed by atoms with van der Waals surface area (Å²) in [6.45, 7) is 8.30.